The van der Waals surface area contributed by atoms with Gasteiger partial charge in [0.1, 0.15) is 0 Å². The summed E-state index contributed by atoms with van der Waals surface area (Å²) in [7, 11) is 0. The van der Waals surface area contributed by atoms with E-state index in [2.05, 4.69) is 22.0 Å². The van der Waals surface area contributed by atoms with E-state index in [0.717, 1.165) is 23.5 Å². The Kier molecular flexibility index (Phi) is 4.81. The second-order valence-corrected chi connectivity index (χ2v) is 5.47. The molecule has 0 radical (unpaired) electrons. The smallest absolute Gasteiger partial charge is 0.253 e. The number of amides is 1. The van der Waals surface area contributed by atoms with Crippen LogP contribution >= 0.6 is 0 Å². The highest BCUT2D eigenvalue weighted by Gasteiger charge is 2.16. The minimum absolute atomic E-state index is 0.0188. The Bertz CT molecular complexity index is 616. The number of benzene rings is 1. The maximum atomic E-state index is 12.3. The van der Waals surface area contributed by atoms with Crippen molar-refractivity contribution in [3.8, 4) is 0 Å². The molecular formula is C17H23N3O. The Labute approximate surface area is 126 Å². The summed E-state index contributed by atoms with van der Waals surface area (Å²) in [5.41, 5.74) is 9.57. The van der Waals surface area contributed by atoms with Crippen LogP contribution in [-0.2, 0) is 6.54 Å². The number of hydrogen-bond acceptors (Lipinski definition) is 2. The lowest BCUT2D eigenvalue weighted by atomic mass is 10.2. The van der Waals surface area contributed by atoms with E-state index in [1.54, 1.807) is 0 Å². The normalized spacial score (nSPS) is 12.2. The Morgan fingerprint density at radius 1 is 1.29 bits per heavy atom. The molecule has 1 heterocycles. The number of carbonyl (C=O) groups excluding carboxylic acids is 1. The van der Waals surface area contributed by atoms with Crippen LogP contribution in [0.4, 0.5) is 0 Å². The molecule has 0 aliphatic carbocycles. The Morgan fingerprint density at radius 3 is 2.57 bits per heavy atom. The van der Waals surface area contributed by atoms with Gasteiger partial charge in [-0.1, -0.05) is 30.3 Å². The van der Waals surface area contributed by atoms with E-state index in [-0.39, 0.29) is 11.9 Å². The van der Waals surface area contributed by atoms with Crippen molar-refractivity contribution in [3.05, 3.63) is 58.9 Å². The molecule has 0 bridgehead atoms. The predicted molar refractivity (Wildman–Crippen MR) is 85.4 cm³/mol. The molecule has 0 spiro atoms. The van der Waals surface area contributed by atoms with Crippen LogP contribution in [0.5, 0.6) is 0 Å². The summed E-state index contributed by atoms with van der Waals surface area (Å²) in [5, 5.41) is 2.91. The second-order valence-electron chi connectivity index (χ2n) is 5.47. The van der Waals surface area contributed by atoms with Crippen molar-refractivity contribution in [1.82, 2.24) is 9.88 Å². The van der Waals surface area contributed by atoms with E-state index in [9.17, 15) is 4.79 Å². The van der Waals surface area contributed by atoms with Gasteiger partial charge in [-0.05, 0) is 32.4 Å². The molecule has 112 valence electrons. The fourth-order valence-corrected chi connectivity index (χ4v) is 2.40. The highest BCUT2D eigenvalue weighted by Crippen LogP contribution is 2.17. The molecule has 3 N–H and O–H groups in total. The minimum Gasteiger partial charge on any atom is -0.348 e. The lowest BCUT2D eigenvalue weighted by Crippen LogP contribution is -2.37. The average molecular weight is 285 g/mol. The monoisotopic (exact) mass is 285 g/mol. The summed E-state index contributed by atoms with van der Waals surface area (Å²) < 4.78 is 2.16. The number of nitrogens with one attached hydrogen (secondary N) is 1. The van der Waals surface area contributed by atoms with Gasteiger partial charge in [0.2, 0.25) is 0 Å². The Hall–Kier alpha value is -2.07. The molecule has 0 saturated heterocycles. The van der Waals surface area contributed by atoms with Gasteiger partial charge in [-0.15, -0.1) is 0 Å². The molecule has 0 saturated carbocycles. The number of rotatable bonds is 5. The first-order chi connectivity index (χ1) is 10.0. The summed E-state index contributed by atoms with van der Waals surface area (Å²) in [6.45, 7) is 7.13. The van der Waals surface area contributed by atoms with E-state index in [4.69, 9.17) is 5.73 Å². The van der Waals surface area contributed by atoms with Crippen LogP contribution in [0, 0.1) is 13.8 Å². The number of aromatic nitrogens is 1. The largest absolute Gasteiger partial charge is 0.348 e. The van der Waals surface area contributed by atoms with Crippen molar-refractivity contribution in [3.63, 3.8) is 0 Å². The Balaban J connectivity index is 2.23. The molecule has 4 heteroatoms. The summed E-state index contributed by atoms with van der Waals surface area (Å²) in [5.74, 6) is -0.0552. The molecular weight excluding hydrogens is 262 g/mol. The number of nitrogens with zero attached hydrogens (tertiary/aromatic N) is 1. The minimum atomic E-state index is -0.0552. The topological polar surface area (TPSA) is 60.1 Å². The third kappa shape index (κ3) is 3.52. The van der Waals surface area contributed by atoms with Crippen LogP contribution in [0.1, 0.15) is 34.2 Å². The van der Waals surface area contributed by atoms with Crippen LogP contribution < -0.4 is 11.1 Å². The standard InChI is InChI=1S/C17H23N3O/c1-12(10-18)19-17(21)16-9-13(2)20(14(16)3)11-15-7-5-4-6-8-15/h4-9,12H,10-11,18H2,1-3H3,(H,19,21)/t12-/m0/s1. The van der Waals surface area contributed by atoms with Gasteiger partial charge in [0.15, 0.2) is 0 Å². The van der Waals surface area contributed by atoms with E-state index in [1.807, 2.05) is 45.0 Å². The van der Waals surface area contributed by atoms with Gasteiger partial charge in [-0.25, -0.2) is 0 Å². The first kappa shape index (κ1) is 15.3. The zero-order valence-electron chi connectivity index (χ0n) is 12.9. The molecule has 0 aliphatic rings. The fourth-order valence-electron chi connectivity index (χ4n) is 2.40. The van der Waals surface area contributed by atoms with Crippen molar-refractivity contribution in [2.45, 2.75) is 33.4 Å². The zero-order chi connectivity index (χ0) is 15.4. The molecule has 1 aromatic carbocycles. The molecule has 0 fully saturated rings. The quantitative estimate of drug-likeness (QED) is 0.885. The van der Waals surface area contributed by atoms with E-state index in [0.29, 0.717) is 6.54 Å². The van der Waals surface area contributed by atoms with Crippen molar-refractivity contribution >= 4 is 5.91 Å². The van der Waals surface area contributed by atoms with Crippen molar-refractivity contribution in [1.29, 1.82) is 0 Å². The molecule has 2 aromatic rings. The number of carbonyl (C=O) groups is 1. The highest BCUT2D eigenvalue weighted by atomic mass is 16.1. The predicted octanol–water partition coefficient (Wildman–Crippen LogP) is 2.23. The lowest BCUT2D eigenvalue weighted by molar-refractivity contribution is 0.0940. The summed E-state index contributed by atoms with van der Waals surface area (Å²) in [4.78, 5) is 12.3. The molecule has 4 nitrogen and oxygen atoms in total. The van der Waals surface area contributed by atoms with Crippen LogP contribution in [0.25, 0.3) is 0 Å². The van der Waals surface area contributed by atoms with E-state index < -0.39 is 0 Å². The van der Waals surface area contributed by atoms with Gasteiger partial charge in [0.05, 0.1) is 5.56 Å². The molecule has 1 aromatic heterocycles. The first-order valence-electron chi connectivity index (χ1n) is 7.24. The number of nitrogens with two attached hydrogens (primary N) is 1. The van der Waals surface area contributed by atoms with Crippen molar-refractivity contribution in [2.24, 2.45) is 5.73 Å². The maximum absolute atomic E-state index is 12.3. The first-order valence-corrected chi connectivity index (χ1v) is 7.24. The summed E-state index contributed by atoms with van der Waals surface area (Å²) in [6.07, 6.45) is 0. The second kappa shape index (κ2) is 6.59. The molecule has 0 unspecified atom stereocenters. The van der Waals surface area contributed by atoms with Crippen molar-refractivity contribution < 1.29 is 4.79 Å². The third-order valence-electron chi connectivity index (χ3n) is 3.73. The van der Waals surface area contributed by atoms with Crippen LogP contribution in [0.3, 0.4) is 0 Å². The Morgan fingerprint density at radius 2 is 1.95 bits per heavy atom. The van der Waals surface area contributed by atoms with Gasteiger partial charge >= 0.3 is 0 Å². The van der Waals surface area contributed by atoms with Gasteiger partial charge in [-0.2, -0.15) is 0 Å². The zero-order valence-corrected chi connectivity index (χ0v) is 12.9. The summed E-state index contributed by atoms with van der Waals surface area (Å²) >= 11 is 0. The van der Waals surface area contributed by atoms with Gasteiger partial charge < -0.3 is 15.6 Å². The maximum Gasteiger partial charge on any atom is 0.253 e. The molecule has 1 amide bonds. The van der Waals surface area contributed by atoms with Gasteiger partial charge in [0.25, 0.3) is 5.91 Å². The molecule has 21 heavy (non-hydrogen) atoms. The number of aryl methyl sites for hydroxylation is 1. The summed E-state index contributed by atoms with van der Waals surface area (Å²) in [6, 6.07) is 12.2. The molecule has 0 aliphatic heterocycles. The van der Waals surface area contributed by atoms with Crippen LogP contribution in [0.2, 0.25) is 0 Å². The lowest BCUT2D eigenvalue weighted by Gasteiger charge is -2.12. The van der Waals surface area contributed by atoms with Crippen LogP contribution in [0.15, 0.2) is 36.4 Å². The highest BCUT2D eigenvalue weighted by molar-refractivity contribution is 5.95. The SMILES string of the molecule is Cc1cc(C(=O)N[C@@H](C)CN)c(C)n1Cc1ccccc1. The van der Waals surface area contributed by atoms with Gasteiger partial charge in [-0.3, -0.25) is 4.79 Å². The molecule has 2 rings (SSSR count). The number of hydrogen-bond donors (Lipinski definition) is 2. The van der Waals surface area contributed by atoms with E-state index in [1.165, 1.54) is 5.56 Å². The van der Waals surface area contributed by atoms with Crippen molar-refractivity contribution in [2.75, 3.05) is 6.54 Å². The van der Waals surface area contributed by atoms with Crippen LogP contribution in [-0.4, -0.2) is 23.1 Å². The third-order valence-corrected chi connectivity index (χ3v) is 3.73. The fraction of sp³-hybridized carbons (Fsp3) is 0.353. The van der Waals surface area contributed by atoms with Gasteiger partial charge in [0, 0.05) is 30.5 Å². The average Bonchev–Trinajstić information content (AvgIpc) is 2.76. The molecule has 1 atom stereocenters. The van der Waals surface area contributed by atoms with E-state index >= 15 is 0 Å².